The Bertz CT molecular complexity index is 598. The molecule has 106 valence electrons. The molecule has 1 N–H and O–H groups in total. The molecule has 0 spiro atoms. The van der Waals surface area contributed by atoms with Crippen molar-refractivity contribution < 1.29 is 14.4 Å². The molecule has 0 aromatic heterocycles. The lowest BCUT2D eigenvalue weighted by Crippen LogP contribution is -2.62. The van der Waals surface area contributed by atoms with E-state index < -0.39 is 29.3 Å². The summed E-state index contributed by atoms with van der Waals surface area (Å²) in [4.78, 5) is 37.1. The van der Waals surface area contributed by atoms with Crippen LogP contribution < -0.4 is 5.32 Å². The van der Waals surface area contributed by atoms with Gasteiger partial charge in [0.15, 0.2) is 0 Å². The van der Waals surface area contributed by atoms with Gasteiger partial charge in [0.05, 0.1) is 6.04 Å². The van der Waals surface area contributed by atoms with Gasteiger partial charge in [-0.15, -0.1) is 0 Å². The van der Waals surface area contributed by atoms with Gasteiger partial charge in [0.2, 0.25) is 11.8 Å². The zero-order valence-corrected chi connectivity index (χ0v) is 12.2. The van der Waals surface area contributed by atoms with E-state index in [1.54, 1.807) is 31.2 Å². The number of carbonyl (C=O) groups is 3. The zero-order chi connectivity index (χ0) is 15.1. The van der Waals surface area contributed by atoms with Crippen LogP contribution in [-0.2, 0) is 9.59 Å². The number of barbiturate groups is 1. The summed E-state index contributed by atoms with van der Waals surface area (Å²) in [6.07, 6.45) is 0. The van der Waals surface area contributed by atoms with Gasteiger partial charge in [0.1, 0.15) is 5.41 Å². The number of benzene rings is 1. The summed E-state index contributed by atoms with van der Waals surface area (Å²) < 4.78 is 0. The average Bonchev–Trinajstić information content (AvgIpc) is 2.37. The molecule has 1 aliphatic heterocycles. The van der Waals surface area contributed by atoms with Gasteiger partial charge in [-0.3, -0.25) is 19.8 Å². The number of carbonyl (C=O) groups excluding carboxylic acids is 3. The summed E-state index contributed by atoms with van der Waals surface area (Å²) in [6, 6.07) is 5.72. The standard InChI is InChI=1S/C14H15ClN2O3/c1-8(9-6-4-5-7-10(9)15)17-12(19)14(2,3)11(18)16-13(17)20/h4-8H,1-3H3,(H,16,18,20). The molecule has 1 aromatic rings. The molecule has 0 radical (unpaired) electrons. The second-order valence-electron chi connectivity index (χ2n) is 5.26. The van der Waals surface area contributed by atoms with Crippen LogP contribution in [0.15, 0.2) is 24.3 Å². The summed E-state index contributed by atoms with van der Waals surface area (Å²) in [6.45, 7) is 4.68. The van der Waals surface area contributed by atoms with Gasteiger partial charge in [-0.1, -0.05) is 29.8 Å². The van der Waals surface area contributed by atoms with Crippen molar-refractivity contribution in [3.05, 3.63) is 34.9 Å². The van der Waals surface area contributed by atoms with Crippen molar-refractivity contribution in [2.24, 2.45) is 5.41 Å². The van der Waals surface area contributed by atoms with Gasteiger partial charge < -0.3 is 0 Å². The normalized spacial score (nSPS) is 19.8. The molecule has 0 bridgehead atoms. The van der Waals surface area contributed by atoms with E-state index in [1.807, 2.05) is 0 Å². The number of hydrogen-bond donors (Lipinski definition) is 1. The Kier molecular flexibility index (Phi) is 3.56. The van der Waals surface area contributed by atoms with Crippen molar-refractivity contribution >= 4 is 29.4 Å². The predicted octanol–water partition coefficient (Wildman–Crippen LogP) is 2.51. The van der Waals surface area contributed by atoms with E-state index in [0.717, 1.165) is 4.90 Å². The number of halogens is 1. The predicted molar refractivity (Wildman–Crippen MR) is 74.0 cm³/mol. The molecule has 6 heteroatoms. The number of urea groups is 1. The molecule has 1 fully saturated rings. The Morgan fingerprint density at radius 1 is 1.20 bits per heavy atom. The molecule has 1 unspecified atom stereocenters. The lowest BCUT2D eigenvalue weighted by molar-refractivity contribution is -0.150. The van der Waals surface area contributed by atoms with Crippen molar-refractivity contribution in [1.29, 1.82) is 0 Å². The van der Waals surface area contributed by atoms with Gasteiger partial charge in [-0.25, -0.2) is 4.79 Å². The SMILES string of the molecule is CC(c1ccccc1Cl)N1C(=O)NC(=O)C(C)(C)C1=O. The fourth-order valence-electron chi connectivity index (χ4n) is 2.11. The first-order valence-corrected chi connectivity index (χ1v) is 6.58. The van der Waals surface area contributed by atoms with E-state index in [4.69, 9.17) is 11.6 Å². The van der Waals surface area contributed by atoms with Crippen LogP contribution in [0.2, 0.25) is 5.02 Å². The van der Waals surface area contributed by atoms with Crippen molar-refractivity contribution in [3.8, 4) is 0 Å². The molecule has 20 heavy (non-hydrogen) atoms. The zero-order valence-electron chi connectivity index (χ0n) is 11.4. The molecule has 1 atom stereocenters. The van der Waals surface area contributed by atoms with Gasteiger partial charge in [-0.2, -0.15) is 0 Å². The summed E-state index contributed by atoms with van der Waals surface area (Å²) in [7, 11) is 0. The fourth-order valence-corrected chi connectivity index (χ4v) is 2.40. The van der Waals surface area contributed by atoms with Crippen LogP contribution in [0.3, 0.4) is 0 Å². The van der Waals surface area contributed by atoms with Gasteiger partial charge in [0.25, 0.3) is 0 Å². The third-order valence-corrected chi connectivity index (χ3v) is 3.85. The maximum absolute atomic E-state index is 12.4. The van der Waals surface area contributed by atoms with E-state index in [1.165, 1.54) is 13.8 Å². The van der Waals surface area contributed by atoms with E-state index >= 15 is 0 Å². The fraction of sp³-hybridized carbons (Fsp3) is 0.357. The largest absolute Gasteiger partial charge is 0.331 e. The maximum Gasteiger partial charge on any atom is 0.331 e. The molecule has 1 aliphatic rings. The first kappa shape index (κ1) is 14.5. The molecular formula is C14H15ClN2O3. The van der Waals surface area contributed by atoms with Crippen LogP contribution in [0, 0.1) is 5.41 Å². The number of nitrogens with one attached hydrogen (secondary N) is 1. The summed E-state index contributed by atoms with van der Waals surface area (Å²) in [5, 5.41) is 2.67. The number of rotatable bonds is 2. The van der Waals surface area contributed by atoms with Gasteiger partial charge >= 0.3 is 6.03 Å². The molecule has 1 heterocycles. The number of amides is 4. The number of nitrogens with zero attached hydrogens (tertiary/aromatic N) is 1. The van der Waals surface area contributed by atoms with Crippen molar-refractivity contribution in [1.82, 2.24) is 10.2 Å². The Hall–Kier alpha value is -1.88. The molecule has 1 aromatic carbocycles. The third-order valence-electron chi connectivity index (χ3n) is 3.50. The van der Waals surface area contributed by atoms with Crippen LogP contribution in [0.25, 0.3) is 0 Å². The van der Waals surface area contributed by atoms with Crippen LogP contribution in [0.1, 0.15) is 32.4 Å². The first-order chi connectivity index (χ1) is 9.26. The molecule has 1 saturated heterocycles. The molecule has 2 rings (SSSR count). The Morgan fingerprint density at radius 2 is 1.80 bits per heavy atom. The van der Waals surface area contributed by atoms with Crippen LogP contribution in [0.4, 0.5) is 4.79 Å². The molecule has 4 amide bonds. The van der Waals surface area contributed by atoms with Crippen LogP contribution >= 0.6 is 11.6 Å². The van der Waals surface area contributed by atoms with Crippen LogP contribution in [-0.4, -0.2) is 22.7 Å². The van der Waals surface area contributed by atoms with Gasteiger partial charge in [-0.05, 0) is 32.4 Å². The van der Waals surface area contributed by atoms with Crippen molar-refractivity contribution in [2.45, 2.75) is 26.8 Å². The average molecular weight is 295 g/mol. The van der Waals surface area contributed by atoms with E-state index in [0.29, 0.717) is 10.6 Å². The molecule has 0 saturated carbocycles. The number of imide groups is 2. The Morgan fingerprint density at radius 3 is 2.40 bits per heavy atom. The van der Waals surface area contributed by atoms with E-state index in [-0.39, 0.29) is 0 Å². The first-order valence-electron chi connectivity index (χ1n) is 6.20. The molecule has 5 nitrogen and oxygen atoms in total. The minimum atomic E-state index is -1.27. The lowest BCUT2D eigenvalue weighted by atomic mass is 9.87. The van der Waals surface area contributed by atoms with Crippen molar-refractivity contribution in [3.63, 3.8) is 0 Å². The highest BCUT2D eigenvalue weighted by molar-refractivity contribution is 6.31. The Labute approximate surface area is 121 Å². The van der Waals surface area contributed by atoms with E-state index in [2.05, 4.69) is 5.32 Å². The molecular weight excluding hydrogens is 280 g/mol. The second-order valence-corrected chi connectivity index (χ2v) is 5.66. The highest BCUT2D eigenvalue weighted by atomic mass is 35.5. The highest BCUT2D eigenvalue weighted by Gasteiger charge is 2.48. The quantitative estimate of drug-likeness (QED) is 0.852. The minimum Gasteiger partial charge on any atom is -0.277 e. The summed E-state index contributed by atoms with van der Waals surface area (Å²) in [5.74, 6) is -1.12. The van der Waals surface area contributed by atoms with E-state index in [9.17, 15) is 14.4 Å². The monoisotopic (exact) mass is 294 g/mol. The lowest BCUT2D eigenvalue weighted by Gasteiger charge is -2.38. The van der Waals surface area contributed by atoms with Crippen LogP contribution in [0.5, 0.6) is 0 Å². The summed E-state index contributed by atoms with van der Waals surface area (Å²) >= 11 is 6.10. The van der Waals surface area contributed by atoms with Gasteiger partial charge in [0, 0.05) is 5.02 Å². The third kappa shape index (κ3) is 2.18. The summed E-state index contributed by atoms with van der Waals surface area (Å²) in [5.41, 5.74) is -0.619. The Balaban J connectivity index is 2.41. The number of hydrogen-bond acceptors (Lipinski definition) is 3. The maximum atomic E-state index is 12.4. The second kappa shape index (κ2) is 4.90. The highest BCUT2D eigenvalue weighted by Crippen LogP contribution is 2.33. The minimum absolute atomic E-state index is 0.468. The molecule has 0 aliphatic carbocycles. The smallest absolute Gasteiger partial charge is 0.277 e. The van der Waals surface area contributed by atoms with Crippen molar-refractivity contribution in [2.75, 3.05) is 0 Å². The topological polar surface area (TPSA) is 66.5 Å².